The first-order chi connectivity index (χ1) is 10.8. The van der Waals surface area contributed by atoms with Gasteiger partial charge in [0.1, 0.15) is 17.9 Å². The van der Waals surface area contributed by atoms with Crippen molar-refractivity contribution in [2.45, 2.75) is 38.8 Å². The maximum absolute atomic E-state index is 12.4. The van der Waals surface area contributed by atoms with E-state index in [0.717, 1.165) is 10.2 Å². The smallest absolute Gasteiger partial charge is 0.240 e. The largest absolute Gasteiger partial charge is 0.492 e. The second-order valence-electron chi connectivity index (χ2n) is 6.40. The molecule has 1 aliphatic carbocycles. The first-order valence-corrected chi connectivity index (χ1v) is 8.67. The number of halogens is 2. The van der Waals surface area contributed by atoms with E-state index in [-0.39, 0.29) is 29.8 Å². The Morgan fingerprint density at radius 2 is 2.00 bits per heavy atom. The zero-order valence-corrected chi connectivity index (χ0v) is 16.7. The van der Waals surface area contributed by atoms with Crippen LogP contribution in [0.4, 0.5) is 0 Å². The van der Waals surface area contributed by atoms with Crippen LogP contribution in [-0.2, 0) is 9.53 Å². The Balaban J connectivity index is 0.00000288. The minimum atomic E-state index is -0.884. The number of benzene rings is 1. The molecular weight excluding hydrogens is 396 g/mol. The van der Waals surface area contributed by atoms with Crippen molar-refractivity contribution in [3.63, 3.8) is 0 Å². The Morgan fingerprint density at radius 1 is 1.38 bits per heavy atom. The standard InChI is InChI=1S/C17H25BrN2O3.ClH/c1-4-22-14-11-17(19,16(14,2)3)15(21)20-9-10-23-13-7-5-12(18)6-8-13;/h5-8,14H,4,9-11,19H2,1-3H3,(H,20,21);1H. The molecule has 0 radical (unpaired) electrons. The predicted molar refractivity (Wildman–Crippen MR) is 101 cm³/mol. The second kappa shape index (κ2) is 8.52. The molecule has 1 fully saturated rings. The van der Waals surface area contributed by atoms with Gasteiger partial charge in [-0.3, -0.25) is 4.79 Å². The molecule has 0 aromatic heterocycles. The van der Waals surface area contributed by atoms with Gasteiger partial charge in [0.25, 0.3) is 0 Å². The van der Waals surface area contributed by atoms with E-state index >= 15 is 0 Å². The van der Waals surface area contributed by atoms with E-state index in [9.17, 15) is 4.79 Å². The molecule has 2 unspecified atom stereocenters. The van der Waals surface area contributed by atoms with Crippen LogP contribution in [0.15, 0.2) is 28.7 Å². The summed E-state index contributed by atoms with van der Waals surface area (Å²) in [7, 11) is 0. The van der Waals surface area contributed by atoms with E-state index in [0.29, 0.717) is 26.2 Å². The summed E-state index contributed by atoms with van der Waals surface area (Å²) in [6.45, 7) is 7.37. The molecule has 1 amide bonds. The number of ether oxygens (including phenoxy) is 2. The highest BCUT2D eigenvalue weighted by atomic mass is 79.9. The van der Waals surface area contributed by atoms with Gasteiger partial charge in [-0.2, -0.15) is 0 Å². The van der Waals surface area contributed by atoms with Crippen LogP contribution in [0.2, 0.25) is 0 Å². The van der Waals surface area contributed by atoms with Crippen LogP contribution in [0.25, 0.3) is 0 Å². The lowest BCUT2D eigenvalue weighted by atomic mass is 9.54. The number of amides is 1. The molecule has 0 spiro atoms. The summed E-state index contributed by atoms with van der Waals surface area (Å²) in [6, 6.07) is 7.57. The molecule has 7 heteroatoms. The quantitative estimate of drug-likeness (QED) is 0.664. The summed E-state index contributed by atoms with van der Waals surface area (Å²) in [5.41, 5.74) is 5.06. The predicted octanol–water partition coefficient (Wildman–Crippen LogP) is 2.90. The van der Waals surface area contributed by atoms with Crippen molar-refractivity contribution in [1.82, 2.24) is 5.32 Å². The van der Waals surface area contributed by atoms with Crippen LogP contribution in [-0.4, -0.2) is 37.3 Å². The Morgan fingerprint density at radius 3 is 2.54 bits per heavy atom. The maximum Gasteiger partial charge on any atom is 0.240 e. The summed E-state index contributed by atoms with van der Waals surface area (Å²) in [5.74, 6) is 0.628. The average Bonchev–Trinajstić information content (AvgIpc) is 2.52. The molecule has 2 atom stereocenters. The molecule has 24 heavy (non-hydrogen) atoms. The van der Waals surface area contributed by atoms with Crippen molar-refractivity contribution in [2.24, 2.45) is 11.1 Å². The highest BCUT2D eigenvalue weighted by molar-refractivity contribution is 9.10. The van der Waals surface area contributed by atoms with Gasteiger partial charge in [-0.05, 0) is 31.2 Å². The summed E-state index contributed by atoms with van der Waals surface area (Å²) in [5, 5.41) is 2.87. The number of hydrogen-bond acceptors (Lipinski definition) is 4. The topological polar surface area (TPSA) is 73.6 Å². The van der Waals surface area contributed by atoms with Crippen LogP contribution in [0.5, 0.6) is 5.75 Å². The Hall–Kier alpha value is -0.820. The van der Waals surface area contributed by atoms with E-state index in [1.807, 2.05) is 45.0 Å². The highest BCUT2D eigenvalue weighted by Crippen LogP contribution is 2.49. The summed E-state index contributed by atoms with van der Waals surface area (Å²) >= 11 is 3.37. The van der Waals surface area contributed by atoms with Gasteiger partial charge < -0.3 is 20.5 Å². The molecule has 1 aromatic rings. The number of carbonyl (C=O) groups excluding carboxylic acids is 1. The highest BCUT2D eigenvalue weighted by Gasteiger charge is 2.62. The Bertz CT molecular complexity index is 553. The summed E-state index contributed by atoms with van der Waals surface area (Å²) in [6.07, 6.45) is 0.579. The zero-order valence-electron chi connectivity index (χ0n) is 14.3. The van der Waals surface area contributed by atoms with Crippen molar-refractivity contribution in [1.29, 1.82) is 0 Å². The Labute approximate surface area is 158 Å². The molecule has 0 heterocycles. The monoisotopic (exact) mass is 420 g/mol. The molecule has 2 rings (SSSR count). The van der Waals surface area contributed by atoms with Crippen molar-refractivity contribution in [2.75, 3.05) is 19.8 Å². The summed E-state index contributed by atoms with van der Waals surface area (Å²) < 4.78 is 12.2. The van der Waals surface area contributed by atoms with Gasteiger partial charge in [0.05, 0.1) is 12.6 Å². The first-order valence-electron chi connectivity index (χ1n) is 7.88. The minimum absolute atomic E-state index is 0. The van der Waals surface area contributed by atoms with Crippen molar-refractivity contribution in [3.8, 4) is 5.75 Å². The fourth-order valence-corrected chi connectivity index (χ4v) is 3.11. The minimum Gasteiger partial charge on any atom is -0.492 e. The zero-order chi connectivity index (χ0) is 17.1. The van der Waals surface area contributed by atoms with Crippen molar-refractivity contribution in [3.05, 3.63) is 28.7 Å². The normalized spacial score (nSPS) is 24.5. The molecule has 5 nitrogen and oxygen atoms in total. The first kappa shape index (κ1) is 21.2. The molecule has 0 saturated heterocycles. The molecule has 1 saturated carbocycles. The van der Waals surface area contributed by atoms with Crippen LogP contribution in [0.3, 0.4) is 0 Å². The fraction of sp³-hybridized carbons (Fsp3) is 0.588. The number of nitrogens with two attached hydrogens (primary N) is 1. The van der Waals surface area contributed by atoms with E-state index in [2.05, 4.69) is 21.2 Å². The number of nitrogens with one attached hydrogen (secondary N) is 1. The lowest BCUT2D eigenvalue weighted by Gasteiger charge is -2.57. The summed E-state index contributed by atoms with van der Waals surface area (Å²) in [4.78, 5) is 12.4. The number of hydrogen-bond donors (Lipinski definition) is 2. The van der Waals surface area contributed by atoms with Gasteiger partial charge in [-0.1, -0.05) is 29.8 Å². The van der Waals surface area contributed by atoms with Gasteiger partial charge in [0.2, 0.25) is 5.91 Å². The molecule has 0 aliphatic heterocycles. The molecule has 1 aliphatic rings. The average molecular weight is 422 g/mol. The SMILES string of the molecule is CCOC1CC(N)(C(=O)NCCOc2ccc(Br)cc2)C1(C)C.Cl. The van der Waals surface area contributed by atoms with E-state index in [1.165, 1.54) is 0 Å². The second-order valence-corrected chi connectivity index (χ2v) is 7.32. The third kappa shape index (κ3) is 4.23. The van der Waals surface area contributed by atoms with Crippen molar-refractivity contribution >= 4 is 34.2 Å². The van der Waals surface area contributed by atoms with Gasteiger partial charge in [0, 0.05) is 22.9 Å². The fourth-order valence-electron chi connectivity index (χ4n) is 2.84. The van der Waals surface area contributed by atoms with Crippen LogP contribution < -0.4 is 15.8 Å². The molecule has 0 bridgehead atoms. The van der Waals surface area contributed by atoms with Gasteiger partial charge in [0.15, 0.2) is 0 Å². The maximum atomic E-state index is 12.4. The molecular formula is C17H26BrClN2O3. The van der Waals surface area contributed by atoms with E-state index in [1.54, 1.807) is 0 Å². The molecule has 3 N–H and O–H groups in total. The van der Waals surface area contributed by atoms with Gasteiger partial charge in [-0.25, -0.2) is 0 Å². The Kier molecular flexibility index (Phi) is 7.53. The van der Waals surface area contributed by atoms with Crippen LogP contribution in [0.1, 0.15) is 27.2 Å². The van der Waals surface area contributed by atoms with E-state index in [4.69, 9.17) is 15.2 Å². The van der Waals surface area contributed by atoms with E-state index < -0.39 is 5.54 Å². The number of rotatable bonds is 7. The lowest BCUT2D eigenvalue weighted by molar-refractivity contribution is -0.170. The molecule has 136 valence electrons. The van der Waals surface area contributed by atoms with Gasteiger partial charge in [-0.15, -0.1) is 12.4 Å². The third-order valence-corrected chi connectivity index (χ3v) is 5.23. The third-order valence-electron chi connectivity index (χ3n) is 4.71. The van der Waals surface area contributed by atoms with Crippen LogP contribution in [0, 0.1) is 5.41 Å². The lowest BCUT2D eigenvalue weighted by Crippen LogP contribution is -2.75. The van der Waals surface area contributed by atoms with Gasteiger partial charge >= 0.3 is 0 Å². The van der Waals surface area contributed by atoms with Crippen LogP contribution >= 0.6 is 28.3 Å². The number of carbonyl (C=O) groups is 1. The van der Waals surface area contributed by atoms with Crippen molar-refractivity contribution < 1.29 is 14.3 Å². The molecule has 1 aromatic carbocycles.